The number of phenolic OH excluding ortho intramolecular Hbond substituents is 2. The van der Waals surface area contributed by atoms with Crippen molar-refractivity contribution in [2.75, 3.05) is 0 Å². The fourth-order valence-corrected chi connectivity index (χ4v) is 1.80. The van der Waals surface area contributed by atoms with Gasteiger partial charge in [-0.1, -0.05) is 0 Å². The number of aromatic hydroxyl groups is 2. The Morgan fingerprint density at radius 3 is 2.47 bits per heavy atom. The Labute approximate surface area is 90.1 Å². The second-order valence-corrected chi connectivity index (χ2v) is 3.76. The Balaban J connectivity index is 2.69. The number of carbonyl (C=O) groups excluding carboxylic acids is 2. The van der Waals surface area contributed by atoms with Crippen molar-refractivity contribution in [2.45, 2.75) is 11.8 Å². The topological polar surface area (TPSA) is 74.6 Å². The summed E-state index contributed by atoms with van der Waals surface area (Å²) in [7, 11) is 0. The highest BCUT2D eigenvalue weighted by atomic mass is 35.5. The molecule has 1 aromatic rings. The van der Waals surface area contributed by atoms with E-state index >= 15 is 0 Å². The molecule has 0 heterocycles. The maximum atomic E-state index is 11.6. The number of hydrogen-bond donors (Lipinski definition) is 2. The standard InChI is InChI=1S/C10H7ClO4/c11-9-7(14)3-4-5(12)1-2-6(13)8(4)10(9)15/h1-2,9,12-13H,3H2. The van der Waals surface area contributed by atoms with Gasteiger partial charge < -0.3 is 10.2 Å². The zero-order valence-electron chi connectivity index (χ0n) is 7.53. The maximum Gasteiger partial charge on any atom is 0.192 e. The third-order valence-corrected chi connectivity index (χ3v) is 2.82. The Bertz CT molecular complexity index is 467. The van der Waals surface area contributed by atoms with E-state index in [2.05, 4.69) is 0 Å². The van der Waals surface area contributed by atoms with Crippen LogP contribution in [0.3, 0.4) is 0 Å². The van der Waals surface area contributed by atoms with Gasteiger partial charge in [-0.25, -0.2) is 0 Å². The lowest BCUT2D eigenvalue weighted by Gasteiger charge is -2.19. The van der Waals surface area contributed by atoms with Crippen LogP contribution in [-0.4, -0.2) is 27.2 Å². The second-order valence-electron chi connectivity index (χ2n) is 3.33. The van der Waals surface area contributed by atoms with Gasteiger partial charge >= 0.3 is 0 Å². The molecule has 0 aliphatic heterocycles. The number of phenols is 2. The minimum Gasteiger partial charge on any atom is -0.508 e. The van der Waals surface area contributed by atoms with Gasteiger partial charge in [-0.3, -0.25) is 9.59 Å². The van der Waals surface area contributed by atoms with Gasteiger partial charge in [-0.2, -0.15) is 0 Å². The smallest absolute Gasteiger partial charge is 0.192 e. The van der Waals surface area contributed by atoms with Crippen molar-refractivity contribution >= 4 is 23.2 Å². The number of ketones is 2. The molecule has 0 aromatic heterocycles. The second kappa shape index (κ2) is 3.24. The number of halogens is 1. The highest BCUT2D eigenvalue weighted by Crippen LogP contribution is 2.34. The van der Waals surface area contributed by atoms with Crippen LogP contribution in [0.25, 0.3) is 0 Å². The van der Waals surface area contributed by atoms with Crippen LogP contribution in [0.15, 0.2) is 12.1 Å². The molecule has 1 aromatic carbocycles. The fourth-order valence-electron chi connectivity index (χ4n) is 1.62. The van der Waals surface area contributed by atoms with Crippen LogP contribution in [0.1, 0.15) is 15.9 Å². The molecular weight excluding hydrogens is 220 g/mol. The van der Waals surface area contributed by atoms with E-state index in [-0.39, 0.29) is 29.0 Å². The molecule has 0 bridgehead atoms. The van der Waals surface area contributed by atoms with Crippen molar-refractivity contribution < 1.29 is 19.8 Å². The lowest BCUT2D eigenvalue weighted by Crippen LogP contribution is -2.32. The zero-order valence-corrected chi connectivity index (χ0v) is 8.28. The minimum atomic E-state index is -1.26. The van der Waals surface area contributed by atoms with E-state index in [0.717, 1.165) is 0 Å². The normalized spacial score (nSPS) is 20.2. The predicted molar refractivity (Wildman–Crippen MR) is 52.5 cm³/mol. The first kappa shape index (κ1) is 9.98. The summed E-state index contributed by atoms with van der Waals surface area (Å²) >= 11 is 5.58. The van der Waals surface area contributed by atoms with Gasteiger partial charge in [0, 0.05) is 12.0 Å². The molecule has 1 unspecified atom stereocenters. The van der Waals surface area contributed by atoms with Crippen LogP contribution < -0.4 is 0 Å². The molecule has 4 nitrogen and oxygen atoms in total. The molecule has 0 saturated carbocycles. The fraction of sp³-hybridized carbons (Fsp3) is 0.200. The third kappa shape index (κ3) is 1.37. The molecule has 1 aliphatic carbocycles. The zero-order chi connectivity index (χ0) is 11.2. The number of alkyl halides is 1. The van der Waals surface area contributed by atoms with Crippen LogP contribution in [0.2, 0.25) is 0 Å². The summed E-state index contributed by atoms with van der Waals surface area (Å²) in [4.78, 5) is 22.9. The van der Waals surface area contributed by atoms with Crippen molar-refractivity contribution in [1.82, 2.24) is 0 Å². The van der Waals surface area contributed by atoms with Crippen molar-refractivity contribution in [2.24, 2.45) is 0 Å². The molecule has 0 saturated heterocycles. The molecule has 0 spiro atoms. The number of fused-ring (bicyclic) bond motifs is 1. The molecule has 0 radical (unpaired) electrons. The average molecular weight is 227 g/mol. The molecule has 15 heavy (non-hydrogen) atoms. The van der Waals surface area contributed by atoms with Gasteiger partial charge in [-0.15, -0.1) is 11.6 Å². The van der Waals surface area contributed by atoms with Gasteiger partial charge in [0.15, 0.2) is 16.9 Å². The molecule has 0 fully saturated rings. The van der Waals surface area contributed by atoms with Crippen LogP contribution in [0, 0.1) is 0 Å². The summed E-state index contributed by atoms with van der Waals surface area (Å²) < 4.78 is 0. The molecule has 1 aliphatic rings. The number of Topliss-reactive ketones (excluding diaryl/α,β-unsaturated/α-hetero) is 2. The van der Waals surface area contributed by atoms with E-state index in [9.17, 15) is 19.8 Å². The third-order valence-electron chi connectivity index (χ3n) is 2.38. The summed E-state index contributed by atoms with van der Waals surface area (Å²) in [6.07, 6.45) is -0.129. The van der Waals surface area contributed by atoms with Gasteiger partial charge in [-0.05, 0) is 12.1 Å². The largest absolute Gasteiger partial charge is 0.508 e. The highest BCUT2D eigenvalue weighted by molar-refractivity contribution is 6.46. The Hall–Kier alpha value is -1.55. The monoisotopic (exact) mass is 226 g/mol. The molecule has 78 valence electrons. The van der Waals surface area contributed by atoms with Crippen molar-refractivity contribution in [3.05, 3.63) is 23.3 Å². The van der Waals surface area contributed by atoms with E-state index in [0.29, 0.717) is 0 Å². The van der Waals surface area contributed by atoms with Crippen LogP contribution >= 0.6 is 11.6 Å². The number of benzene rings is 1. The van der Waals surface area contributed by atoms with Crippen LogP contribution in [0.5, 0.6) is 11.5 Å². The van der Waals surface area contributed by atoms with E-state index in [1.54, 1.807) is 0 Å². The van der Waals surface area contributed by atoms with Crippen molar-refractivity contribution in [1.29, 1.82) is 0 Å². The summed E-state index contributed by atoms with van der Waals surface area (Å²) in [6.45, 7) is 0. The summed E-state index contributed by atoms with van der Waals surface area (Å²) in [6, 6.07) is 2.44. The van der Waals surface area contributed by atoms with E-state index < -0.39 is 16.9 Å². The lowest BCUT2D eigenvalue weighted by molar-refractivity contribution is -0.117. The molecule has 2 N–H and O–H groups in total. The van der Waals surface area contributed by atoms with Gasteiger partial charge in [0.05, 0.1) is 5.56 Å². The molecule has 2 rings (SSSR count). The first-order valence-corrected chi connectivity index (χ1v) is 4.71. The SMILES string of the molecule is O=C1Cc2c(O)ccc(O)c2C(=O)C1Cl. The summed E-state index contributed by atoms with van der Waals surface area (Å²) in [5.74, 6) is -1.55. The number of rotatable bonds is 0. The van der Waals surface area contributed by atoms with Crippen LogP contribution in [-0.2, 0) is 11.2 Å². The molecule has 5 heteroatoms. The Morgan fingerprint density at radius 1 is 1.20 bits per heavy atom. The Kier molecular flexibility index (Phi) is 2.16. The van der Waals surface area contributed by atoms with Crippen molar-refractivity contribution in [3.8, 4) is 11.5 Å². The van der Waals surface area contributed by atoms with E-state index in [1.807, 2.05) is 0 Å². The van der Waals surface area contributed by atoms with E-state index in [4.69, 9.17) is 11.6 Å². The average Bonchev–Trinajstić information content (AvgIpc) is 2.20. The summed E-state index contributed by atoms with van der Waals surface area (Å²) in [5.41, 5.74) is 0.108. The lowest BCUT2D eigenvalue weighted by atomic mass is 9.88. The summed E-state index contributed by atoms with van der Waals surface area (Å²) in [5, 5.41) is 17.6. The quantitative estimate of drug-likeness (QED) is 0.393. The molecular formula is C10H7ClO4. The van der Waals surface area contributed by atoms with Crippen molar-refractivity contribution in [3.63, 3.8) is 0 Å². The molecule has 1 atom stereocenters. The number of carbonyl (C=O) groups is 2. The maximum absolute atomic E-state index is 11.6. The van der Waals surface area contributed by atoms with Gasteiger partial charge in [0.25, 0.3) is 0 Å². The number of hydrogen-bond acceptors (Lipinski definition) is 4. The minimum absolute atomic E-state index is 0.0467. The molecule has 0 amide bonds. The Morgan fingerprint density at radius 2 is 1.80 bits per heavy atom. The van der Waals surface area contributed by atoms with Gasteiger partial charge in [0.2, 0.25) is 0 Å². The predicted octanol–water partition coefficient (Wildman–Crippen LogP) is 1.01. The van der Waals surface area contributed by atoms with E-state index in [1.165, 1.54) is 12.1 Å². The van der Waals surface area contributed by atoms with Crippen LogP contribution in [0.4, 0.5) is 0 Å². The van der Waals surface area contributed by atoms with Gasteiger partial charge in [0.1, 0.15) is 11.5 Å². The first-order valence-electron chi connectivity index (χ1n) is 4.27. The first-order chi connectivity index (χ1) is 7.02. The highest BCUT2D eigenvalue weighted by Gasteiger charge is 2.36.